The predicted molar refractivity (Wildman–Crippen MR) is 127 cm³/mol. The largest absolute Gasteiger partial charge is 0.493 e. The van der Waals surface area contributed by atoms with Crippen LogP contribution in [0.2, 0.25) is 5.02 Å². The zero-order valence-corrected chi connectivity index (χ0v) is 19.5. The minimum Gasteiger partial charge on any atom is -0.493 e. The number of ether oxygens (including phenoxy) is 2. The molecule has 0 aliphatic heterocycles. The zero-order valence-electron chi connectivity index (χ0n) is 18.0. The number of amides is 1. The molecule has 1 N–H and O–H groups in total. The van der Waals surface area contributed by atoms with Gasteiger partial charge in [0, 0.05) is 16.4 Å². The van der Waals surface area contributed by atoms with Crippen molar-refractivity contribution in [2.45, 2.75) is 25.6 Å². The second kappa shape index (κ2) is 11.5. The van der Waals surface area contributed by atoms with Crippen molar-refractivity contribution in [2.24, 2.45) is 5.10 Å². The van der Waals surface area contributed by atoms with Crippen LogP contribution in [0.25, 0.3) is 0 Å². The summed E-state index contributed by atoms with van der Waals surface area (Å²) in [5.41, 5.74) is 5.99. The van der Waals surface area contributed by atoms with Crippen molar-refractivity contribution < 1.29 is 14.3 Å². The molecule has 3 aromatic rings. The van der Waals surface area contributed by atoms with Gasteiger partial charge < -0.3 is 9.47 Å². The second-order valence-corrected chi connectivity index (χ2v) is 8.22. The lowest BCUT2D eigenvalue weighted by Crippen LogP contribution is -2.19. The Kier molecular flexibility index (Phi) is 8.47. The zero-order chi connectivity index (χ0) is 22.9. The molecule has 0 radical (unpaired) electrons. The number of aryl methyl sites for hydroxylation is 2. The van der Waals surface area contributed by atoms with Crippen LogP contribution in [0.4, 0.5) is 0 Å². The Hall–Kier alpha value is -3.10. The van der Waals surface area contributed by atoms with Crippen molar-refractivity contribution in [1.82, 2.24) is 15.4 Å². The summed E-state index contributed by atoms with van der Waals surface area (Å²) < 4.78 is 11.3. The van der Waals surface area contributed by atoms with Gasteiger partial charge in [0.1, 0.15) is 6.61 Å². The maximum Gasteiger partial charge on any atom is 0.250 e. The Morgan fingerprint density at radius 2 is 1.81 bits per heavy atom. The SMILES string of the molecule is COc1cc(/C=N\NC(=O)CSc2nc(C)cc(C)n2)ccc1OCc1ccc(Cl)cc1. The average Bonchev–Trinajstić information content (AvgIpc) is 2.77. The maximum absolute atomic E-state index is 12.0. The fraction of sp³-hybridized carbons (Fsp3) is 0.217. The van der Waals surface area contributed by atoms with Crippen LogP contribution in [-0.2, 0) is 11.4 Å². The summed E-state index contributed by atoms with van der Waals surface area (Å²) in [6.07, 6.45) is 1.54. The summed E-state index contributed by atoms with van der Waals surface area (Å²) in [4.78, 5) is 20.6. The molecule has 9 heteroatoms. The van der Waals surface area contributed by atoms with Gasteiger partial charge in [-0.1, -0.05) is 35.5 Å². The van der Waals surface area contributed by atoms with Crippen molar-refractivity contribution in [3.8, 4) is 11.5 Å². The summed E-state index contributed by atoms with van der Waals surface area (Å²) in [5.74, 6) is 1.09. The number of hydrogen-bond acceptors (Lipinski definition) is 7. The minimum atomic E-state index is -0.246. The number of methoxy groups -OCH3 is 1. The lowest BCUT2D eigenvalue weighted by atomic mass is 10.2. The minimum absolute atomic E-state index is 0.168. The Morgan fingerprint density at radius 1 is 1.09 bits per heavy atom. The monoisotopic (exact) mass is 470 g/mol. The van der Waals surface area contributed by atoms with E-state index in [1.807, 2.05) is 50.2 Å². The molecule has 0 saturated carbocycles. The summed E-state index contributed by atoms with van der Waals surface area (Å²) >= 11 is 7.17. The van der Waals surface area contributed by atoms with E-state index in [1.165, 1.54) is 11.8 Å². The molecule has 0 unspecified atom stereocenters. The maximum atomic E-state index is 12.0. The summed E-state index contributed by atoms with van der Waals surface area (Å²) in [6.45, 7) is 4.18. The third kappa shape index (κ3) is 7.25. The first-order chi connectivity index (χ1) is 15.4. The molecule has 1 amide bonds. The molecule has 166 valence electrons. The third-order valence-electron chi connectivity index (χ3n) is 4.19. The van der Waals surface area contributed by atoms with E-state index in [0.717, 1.165) is 22.5 Å². The van der Waals surface area contributed by atoms with Gasteiger partial charge >= 0.3 is 0 Å². The van der Waals surface area contributed by atoms with Gasteiger partial charge in [-0.3, -0.25) is 4.79 Å². The number of benzene rings is 2. The Bertz CT molecular complexity index is 1090. The van der Waals surface area contributed by atoms with Crippen LogP contribution in [0.15, 0.2) is 58.8 Å². The fourth-order valence-corrected chi connectivity index (χ4v) is 3.59. The van der Waals surface area contributed by atoms with Crippen molar-refractivity contribution in [2.75, 3.05) is 12.9 Å². The summed E-state index contributed by atoms with van der Waals surface area (Å²) in [5, 5.41) is 5.26. The van der Waals surface area contributed by atoms with E-state index in [9.17, 15) is 4.79 Å². The number of aromatic nitrogens is 2. The van der Waals surface area contributed by atoms with Gasteiger partial charge in [0.05, 0.1) is 19.1 Å². The van der Waals surface area contributed by atoms with E-state index in [2.05, 4.69) is 20.5 Å². The number of hydrogen-bond donors (Lipinski definition) is 1. The Labute approximate surface area is 196 Å². The van der Waals surface area contributed by atoms with Gasteiger partial charge in [-0.05, 0) is 61.4 Å². The molecule has 7 nitrogen and oxygen atoms in total. The molecule has 0 aliphatic carbocycles. The highest BCUT2D eigenvalue weighted by atomic mass is 35.5. The molecule has 0 bridgehead atoms. The van der Waals surface area contributed by atoms with Crippen LogP contribution >= 0.6 is 23.4 Å². The van der Waals surface area contributed by atoms with Crippen molar-refractivity contribution >= 4 is 35.5 Å². The first kappa shape index (κ1) is 23.6. The molecule has 0 saturated heterocycles. The molecule has 32 heavy (non-hydrogen) atoms. The lowest BCUT2D eigenvalue weighted by Gasteiger charge is -2.11. The topological polar surface area (TPSA) is 85.7 Å². The van der Waals surface area contributed by atoms with Gasteiger partial charge in [-0.15, -0.1) is 0 Å². The quantitative estimate of drug-likeness (QED) is 0.213. The van der Waals surface area contributed by atoms with Crippen molar-refractivity contribution in [3.63, 3.8) is 0 Å². The molecule has 2 aromatic carbocycles. The molecule has 0 spiro atoms. The van der Waals surface area contributed by atoms with E-state index in [4.69, 9.17) is 21.1 Å². The van der Waals surface area contributed by atoms with Gasteiger partial charge in [0.25, 0.3) is 5.91 Å². The number of carbonyl (C=O) groups is 1. The molecule has 0 atom stereocenters. The van der Waals surface area contributed by atoms with Gasteiger partial charge in [0.2, 0.25) is 0 Å². The molecular formula is C23H23ClN4O3S. The number of hydrazone groups is 1. The first-order valence-corrected chi connectivity index (χ1v) is 11.1. The van der Waals surface area contributed by atoms with E-state index in [1.54, 1.807) is 25.5 Å². The third-order valence-corrected chi connectivity index (χ3v) is 5.29. The highest BCUT2D eigenvalue weighted by molar-refractivity contribution is 7.99. The van der Waals surface area contributed by atoms with Crippen LogP contribution in [0.3, 0.4) is 0 Å². The van der Waals surface area contributed by atoms with Crippen molar-refractivity contribution in [3.05, 3.63) is 76.1 Å². The fourth-order valence-electron chi connectivity index (χ4n) is 2.72. The number of rotatable bonds is 9. The predicted octanol–water partition coefficient (Wildman–Crippen LogP) is 4.58. The molecule has 1 heterocycles. The van der Waals surface area contributed by atoms with Gasteiger partial charge in [-0.25, -0.2) is 15.4 Å². The number of carbonyl (C=O) groups excluding carboxylic acids is 1. The van der Waals surface area contributed by atoms with Crippen LogP contribution in [0.5, 0.6) is 11.5 Å². The highest BCUT2D eigenvalue weighted by Gasteiger charge is 2.07. The number of nitrogens with zero attached hydrogens (tertiary/aromatic N) is 3. The Morgan fingerprint density at radius 3 is 2.50 bits per heavy atom. The van der Waals surface area contributed by atoms with Crippen LogP contribution in [-0.4, -0.2) is 35.0 Å². The standard InChI is InChI=1S/C23H23ClN4O3S/c1-15-10-16(2)27-23(26-15)32-14-22(29)28-25-12-18-6-9-20(21(11-18)30-3)31-13-17-4-7-19(24)8-5-17/h4-12H,13-14H2,1-3H3,(H,28,29)/b25-12-. The molecule has 1 aromatic heterocycles. The molecule has 0 fully saturated rings. The summed E-state index contributed by atoms with van der Waals surface area (Å²) in [7, 11) is 1.57. The number of halogens is 1. The van der Waals surface area contributed by atoms with Gasteiger partial charge in [0.15, 0.2) is 16.7 Å². The second-order valence-electron chi connectivity index (χ2n) is 6.84. The smallest absolute Gasteiger partial charge is 0.250 e. The van der Waals surface area contributed by atoms with Crippen LogP contribution < -0.4 is 14.9 Å². The lowest BCUT2D eigenvalue weighted by molar-refractivity contribution is -0.118. The van der Waals surface area contributed by atoms with Crippen molar-refractivity contribution in [1.29, 1.82) is 0 Å². The number of nitrogens with one attached hydrogen (secondary N) is 1. The average molecular weight is 471 g/mol. The van der Waals surface area contributed by atoms with E-state index >= 15 is 0 Å². The molecule has 3 rings (SSSR count). The van der Waals surface area contributed by atoms with Gasteiger partial charge in [-0.2, -0.15) is 5.10 Å². The highest BCUT2D eigenvalue weighted by Crippen LogP contribution is 2.28. The van der Waals surface area contributed by atoms with E-state index in [0.29, 0.717) is 28.3 Å². The normalized spacial score (nSPS) is 10.9. The van der Waals surface area contributed by atoms with Crippen LogP contribution in [0.1, 0.15) is 22.5 Å². The first-order valence-electron chi connectivity index (χ1n) is 9.75. The van der Waals surface area contributed by atoms with Crippen LogP contribution in [0, 0.1) is 13.8 Å². The number of thioether (sulfide) groups is 1. The van der Waals surface area contributed by atoms with E-state index < -0.39 is 0 Å². The molecule has 0 aliphatic rings. The summed E-state index contributed by atoms with van der Waals surface area (Å²) in [6, 6.07) is 14.7. The molecular weight excluding hydrogens is 448 g/mol. The van der Waals surface area contributed by atoms with E-state index in [-0.39, 0.29) is 11.7 Å². The Balaban J connectivity index is 1.52.